The zero-order chi connectivity index (χ0) is 9.80. The molecule has 0 saturated heterocycles. The largest absolute Gasteiger partial charge is 0.354 e. The molecule has 1 aliphatic heterocycles. The molecule has 0 N–H and O–H groups in total. The van der Waals surface area contributed by atoms with Gasteiger partial charge in [-0.25, -0.2) is 0 Å². The molecule has 1 aromatic rings. The van der Waals surface area contributed by atoms with E-state index in [4.69, 9.17) is 0 Å². The summed E-state index contributed by atoms with van der Waals surface area (Å²) in [6.45, 7) is 4.17. The van der Waals surface area contributed by atoms with Crippen LogP contribution in [0.15, 0.2) is 35.3 Å². The first-order valence-corrected chi connectivity index (χ1v) is 5.19. The lowest BCUT2D eigenvalue weighted by atomic mass is 10.1. The van der Waals surface area contributed by atoms with Crippen molar-refractivity contribution in [2.24, 2.45) is 4.99 Å². The SMILES string of the molecule is CCC1CN=CN1Cc1ccccc1. The van der Waals surface area contributed by atoms with Crippen LogP contribution in [0.4, 0.5) is 0 Å². The summed E-state index contributed by atoms with van der Waals surface area (Å²) in [5.74, 6) is 0. The van der Waals surface area contributed by atoms with Crippen molar-refractivity contribution in [1.82, 2.24) is 4.90 Å². The predicted octanol–water partition coefficient (Wildman–Crippen LogP) is 2.31. The van der Waals surface area contributed by atoms with Gasteiger partial charge in [-0.2, -0.15) is 0 Å². The van der Waals surface area contributed by atoms with E-state index >= 15 is 0 Å². The van der Waals surface area contributed by atoms with E-state index in [1.807, 2.05) is 6.34 Å². The highest BCUT2D eigenvalue weighted by Crippen LogP contribution is 2.13. The van der Waals surface area contributed by atoms with Crippen LogP contribution in [0.3, 0.4) is 0 Å². The van der Waals surface area contributed by atoms with Crippen LogP contribution in [0.1, 0.15) is 18.9 Å². The Labute approximate surface area is 85.3 Å². The number of nitrogens with zero attached hydrogens (tertiary/aromatic N) is 2. The summed E-state index contributed by atoms with van der Waals surface area (Å²) in [5.41, 5.74) is 1.36. The summed E-state index contributed by atoms with van der Waals surface area (Å²) in [6.07, 6.45) is 3.16. The van der Waals surface area contributed by atoms with Crippen molar-refractivity contribution in [3.8, 4) is 0 Å². The van der Waals surface area contributed by atoms with Crippen LogP contribution < -0.4 is 0 Å². The molecule has 2 rings (SSSR count). The van der Waals surface area contributed by atoms with E-state index in [2.05, 4.69) is 47.1 Å². The summed E-state index contributed by atoms with van der Waals surface area (Å²) in [5, 5.41) is 0. The second-order valence-electron chi connectivity index (χ2n) is 3.70. The number of rotatable bonds is 3. The topological polar surface area (TPSA) is 15.6 Å². The van der Waals surface area contributed by atoms with Crippen molar-refractivity contribution in [2.45, 2.75) is 25.9 Å². The van der Waals surface area contributed by atoms with Crippen LogP contribution in [0.2, 0.25) is 0 Å². The molecule has 1 aromatic carbocycles. The number of hydrogen-bond acceptors (Lipinski definition) is 2. The summed E-state index contributed by atoms with van der Waals surface area (Å²) < 4.78 is 0. The summed E-state index contributed by atoms with van der Waals surface area (Å²) in [4.78, 5) is 6.64. The highest BCUT2D eigenvalue weighted by Gasteiger charge is 2.17. The van der Waals surface area contributed by atoms with Crippen molar-refractivity contribution in [3.05, 3.63) is 35.9 Å². The van der Waals surface area contributed by atoms with Crippen molar-refractivity contribution in [1.29, 1.82) is 0 Å². The molecule has 0 aliphatic carbocycles. The Hall–Kier alpha value is -1.31. The maximum absolute atomic E-state index is 4.31. The van der Waals surface area contributed by atoms with Crippen molar-refractivity contribution in [2.75, 3.05) is 6.54 Å². The van der Waals surface area contributed by atoms with E-state index in [0.29, 0.717) is 6.04 Å². The minimum atomic E-state index is 0.607. The van der Waals surface area contributed by atoms with E-state index in [9.17, 15) is 0 Å². The van der Waals surface area contributed by atoms with Crippen LogP contribution in [-0.4, -0.2) is 23.8 Å². The van der Waals surface area contributed by atoms with Crippen LogP contribution in [0.5, 0.6) is 0 Å². The molecule has 2 nitrogen and oxygen atoms in total. The van der Waals surface area contributed by atoms with E-state index < -0.39 is 0 Å². The third-order valence-corrected chi connectivity index (χ3v) is 2.69. The predicted molar refractivity (Wildman–Crippen MR) is 59.4 cm³/mol. The molecule has 1 atom stereocenters. The Morgan fingerprint density at radius 2 is 2.14 bits per heavy atom. The van der Waals surface area contributed by atoms with Gasteiger partial charge in [-0.1, -0.05) is 37.3 Å². The maximum atomic E-state index is 4.31. The molecule has 14 heavy (non-hydrogen) atoms. The Balaban J connectivity index is 2.01. The molecule has 0 spiro atoms. The third kappa shape index (κ3) is 1.95. The Bertz CT molecular complexity index is 305. The fourth-order valence-corrected chi connectivity index (χ4v) is 1.80. The second-order valence-corrected chi connectivity index (χ2v) is 3.70. The first-order chi connectivity index (χ1) is 6.90. The highest BCUT2D eigenvalue weighted by atomic mass is 15.2. The normalized spacial score (nSPS) is 20.4. The molecule has 0 bridgehead atoms. The lowest BCUT2D eigenvalue weighted by Crippen LogP contribution is -2.30. The van der Waals surface area contributed by atoms with Crippen LogP contribution in [-0.2, 0) is 6.54 Å². The monoisotopic (exact) mass is 188 g/mol. The van der Waals surface area contributed by atoms with E-state index in [-0.39, 0.29) is 0 Å². The van der Waals surface area contributed by atoms with Gasteiger partial charge >= 0.3 is 0 Å². The zero-order valence-electron chi connectivity index (χ0n) is 8.56. The van der Waals surface area contributed by atoms with Crippen LogP contribution in [0.25, 0.3) is 0 Å². The van der Waals surface area contributed by atoms with Crippen molar-refractivity contribution in [3.63, 3.8) is 0 Å². The van der Waals surface area contributed by atoms with Crippen LogP contribution >= 0.6 is 0 Å². The van der Waals surface area contributed by atoms with Gasteiger partial charge in [0.05, 0.1) is 12.9 Å². The first kappa shape index (κ1) is 9.25. The van der Waals surface area contributed by atoms with Gasteiger partial charge in [-0.15, -0.1) is 0 Å². The zero-order valence-corrected chi connectivity index (χ0v) is 8.56. The quantitative estimate of drug-likeness (QED) is 0.710. The smallest absolute Gasteiger partial charge is 0.0856 e. The molecule has 0 radical (unpaired) electrons. The average Bonchev–Trinajstić information content (AvgIpc) is 2.67. The van der Waals surface area contributed by atoms with Gasteiger partial charge in [0.2, 0.25) is 0 Å². The molecular weight excluding hydrogens is 172 g/mol. The van der Waals surface area contributed by atoms with E-state index in [1.165, 1.54) is 12.0 Å². The van der Waals surface area contributed by atoms with Crippen molar-refractivity contribution >= 4 is 6.34 Å². The maximum Gasteiger partial charge on any atom is 0.0856 e. The van der Waals surface area contributed by atoms with E-state index in [1.54, 1.807) is 0 Å². The van der Waals surface area contributed by atoms with Gasteiger partial charge in [-0.05, 0) is 12.0 Å². The molecule has 1 aliphatic rings. The molecule has 0 aromatic heterocycles. The Morgan fingerprint density at radius 1 is 1.36 bits per heavy atom. The molecule has 1 heterocycles. The number of benzene rings is 1. The second kappa shape index (κ2) is 4.27. The molecule has 2 heteroatoms. The molecule has 0 saturated carbocycles. The third-order valence-electron chi connectivity index (χ3n) is 2.69. The fraction of sp³-hybridized carbons (Fsp3) is 0.417. The van der Waals surface area contributed by atoms with Gasteiger partial charge < -0.3 is 4.90 Å². The standard InChI is InChI=1S/C12H16N2/c1-2-12-8-13-10-14(12)9-11-6-4-3-5-7-11/h3-7,10,12H,2,8-9H2,1H3. The van der Waals surface area contributed by atoms with Gasteiger partial charge in [0.15, 0.2) is 0 Å². The summed E-state index contributed by atoms with van der Waals surface area (Å²) in [6, 6.07) is 11.2. The number of aliphatic imine (C=N–C) groups is 1. The Morgan fingerprint density at radius 3 is 2.86 bits per heavy atom. The molecular formula is C12H16N2. The highest BCUT2D eigenvalue weighted by molar-refractivity contribution is 5.58. The van der Waals surface area contributed by atoms with Crippen LogP contribution in [0, 0.1) is 0 Å². The number of hydrogen-bond donors (Lipinski definition) is 0. The molecule has 0 fully saturated rings. The van der Waals surface area contributed by atoms with E-state index in [0.717, 1.165) is 13.1 Å². The van der Waals surface area contributed by atoms with Gasteiger partial charge in [-0.3, -0.25) is 4.99 Å². The minimum Gasteiger partial charge on any atom is -0.354 e. The Kier molecular flexibility index (Phi) is 2.82. The first-order valence-electron chi connectivity index (χ1n) is 5.19. The fourth-order valence-electron chi connectivity index (χ4n) is 1.80. The van der Waals surface area contributed by atoms with Crippen molar-refractivity contribution < 1.29 is 0 Å². The lowest BCUT2D eigenvalue weighted by molar-refractivity contribution is 0.335. The lowest BCUT2D eigenvalue weighted by Gasteiger charge is -2.22. The van der Waals surface area contributed by atoms with Gasteiger partial charge in [0.1, 0.15) is 0 Å². The van der Waals surface area contributed by atoms with Gasteiger partial charge in [0, 0.05) is 12.6 Å². The average molecular weight is 188 g/mol. The summed E-state index contributed by atoms with van der Waals surface area (Å²) >= 11 is 0. The molecule has 74 valence electrons. The molecule has 0 amide bonds. The summed E-state index contributed by atoms with van der Waals surface area (Å²) in [7, 11) is 0. The minimum absolute atomic E-state index is 0.607. The molecule has 1 unspecified atom stereocenters. The van der Waals surface area contributed by atoms with Gasteiger partial charge in [0.25, 0.3) is 0 Å².